The zero-order chi connectivity index (χ0) is 22.6. The first kappa shape index (κ1) is 20.3. The third-order valence-electron chi connectivity index (χ3n) is 9.12. The maximum absolute atomic E-state index is 14.2. The topological polar surface area (TPSA) is 102 Å². The van der Waals surface area contributed by atoms with Crippen molar-refractivity contribution < 1.29 is 24.4 Å². The second kappa shape index (κ2) is 6.50. The molecule has 3 heterocycles. The fraction of sp³-hybridized carbons (Fsp3) is 0.560. The van der Waals surface area contributed by atoms with Crippen LogP contribution in [0.15, 0.2) is 29.6 Å². The average Bonchev–Trinajstić information content (AvgIpc) is 3.28. The number of hydrogen-bond acceptors (Lipinski definition) is 6. The van der Waals surface area contributed by atoms with Crippen LogP contribution in [-0.2, 0) is 11.8 Å². The molecule has 1 aromatic carbocycles. The van der Waals surface area contributed by atoms with E-state index in [1.807, 2.05) is 17.5 Å². The van der Waals surface area contributed by atoms with Crippen molar-refractivity contribution in [2.75, 3.05) is 13.1 Å². The molecule has 3 aliphatic carbocycles. The molecule has 3 fully saturated rings. The number of piperidine rings is 1. The number of likely N-dealkylation sites (tertiary alicyclic amines) is 1. The van der Waals surface area contributed by atoms with E-state index >= 15 is 0 Å². The summed E-state index contributed by atoms with van der Waals surface area (Å²) in [5.41, 5.74) is -0.137. The van der Waals surface area contributed by atoms with Crippen molar-refractivity contribution in [3.63, 3.8) is 0 Å². The summed E-state index contributed by atoms with van der Waals surface area (Å²) in [5.74, 6) is 0.813. The molecular formula is C25H28N2O5S. The molecule has 5 aliphatic rings. The number of carbonyl (C=O) groups is 1. The van der Waals surface area contributed by atoms with Crippen LogP contribution in [0.1, 0.15) is 52.9 Å². The molecule has 3 N–H and O–H groups in total. The first-order valence-electron chi connectivity index (χ1n) is 12.0. The number of nitrogens with zero attached hydrogens (tertiary/aromatic N) is 1. The molecule has 2 bridgehead atoms. The minimum absolute atomic E-state index is 0.0630. The van der Waals surface area contributed by atoms with Gasteiger partial charge in [0.15, 0.2) is 11.5 Å². The van der Waals surface area contributed by atoms with Crippen LogP contribution in [0.3, 0.4) is 0 Å². The number of aromatic hydroxyl groups is 1. The number of amides is 1. The SMILES string of the molecule is O=C(N[C@@H]1CC[C@@]2(O)[C@H]3Cc4ccc(O)c5c4C2(CC[N+]3([O-])CC2CC2)[C@H]1O5)c1cccs1. The van der Waals surface area contributed by atoms with Gasteiger partial charge in [0.1, 0.15) is 17.7 Å². The fourth-order valence-corrected chi connectivity index (χ4v) is 8.18. The minimum atomic E-state index is -1.22. The summed E-state index contributed by atoms with van der Waals surface area (Å²) in [5, 5.41) is 42.3. The van der Waals surface area contributed by atoms with E-state index in [4.69, 9.17) is 4.74 Å². The lowest BCUT2D eigenvalue weighted by molar-refractivity contribution is -0.924. The molecule has 1 spiro atoms. The monoisotopic (exact) mass is 468 g/mol. The van der Waals surface area contributed by atoms with Crippen molar-refractivity contribution in [2.24, 2.45) is 5.92 Å². The number of hydrogen-bond donors (Lipinski definition) is 3. The summed E-state index contributed by atoms with van der Waals surface area (Å²) in [7, 11) is 0. The number of hydroxylamine groups is 3. The van der Waals surface area contributed by atoms with Crippen molar-refractivity contribution >= 4 is 17.2 Å². The van der Waals surface area contributed by atoms with Crippen LogP contribution < -0.4 is 10.1 Å². The lowest BCUT2D eigenvalue weighted by Crippen LogP contribution is -2.81. The summed E-state index contributed by atoms with van der Waals surface area (Å²) < 4.78 is 6.10. The van der Waals surface area contributed by atoms with Gasteiger partial charge in [-0.25, -0.2) is 0 Å². The maximum Gasteiger partial charge on any atom is 0.261 e. The Labute approximate surface area is 196 Å². The van der Waals surface area contributed by atoms with Crippen LogP contribution in [0.25, 0.3) is 0 Å². The molecule has 7 rings (SSSR count). The van der Waals surface area contributed by atoms with Crippen molar-refractivity contribution in [3.05, 3.63) is 50.9 Å². The number of carbonyl (C=O) groups excluding carboxylic acids is 1. The highest BCUT2D eigenvalue weighted by Crippen LogP contribution is 2.66. The number of phenols is 1. The summed E-state index contributed by atoms with van der Waals surface area (Å²) in [6.45, 7) is 1.01. The Morgan fingerprint density at radius 1 is 1.27 bits per heavy atom. The Hall–Kier alpha value is -2.13. The smallest absolute Gasteiger partial charge is 0.261 e. The predicted octanol–water partition coefficient (Wildman–Crippen LogP) is 2.83. The van der Waals surface area contributed by atoms with E-state index in [0.717, 1.165) is 24.0 Å². The molecule has 1 saturated heterocycles. The van der Waals surface area contributed by atoms with E-state index < -0.39 is 23.2 Å². The van der Waals surface area contributed by atoms with Gasteiger partial charge in [-0.15, -0.1) is 11.3 Å². The molecule has 8 heteroatoms. The first-order valence-corrected chi connectivity index (χ1v) is 12.9. The molecule has 33 heavy (non-hydrogen) atoms. The fourth-order valence-electron chi connectivity index (χ4n) is 7.55. The molecule has 0 radical (unpaired) electrons. The van der Waals surface area contributed by atoms with Crippen LogP contribution >= 0.6 is 11.3 Å². The Bertz CT molecular complexity index is 1150. The third-order valence-corrected chi connectivity index (χ3v) is 9.99. The van der Waals surface area contributed by atoms with Crippen molar-refractivity contribution in [3.8, 4) is 11.5 Å². The van der Waals surface area contributed by atoms with Gasteiger partial charge in [-0.05, 0) is 48.8 Å². The molecule has 7 nitrogen and oxygen atoms in total. The predicted molar refractivity (Wildman–Crippen MR) is 122 cm³/mol. The number of benzene rings is 1. The van der Waals surface area contributed by atoms with Crippen LogP contribution in [0.4, 0.5) is 0 Å². The molecule has 6 atom stereocenters. The van der Waals surface area contributed by atoms with Gasteiger partial charge in [0.2, 0.25) is 0 Å². The Balaban J connectivity index is 1.34. The molecule has 2 saturated carbocycles. The lowest BCUT2D eigenvalue weighted by Gasteiger charge is -2.68. The first-order chi connectivity index (χ1) is 15.9. The molecule has 2 unspecified atom stereocenters. The molecular weight excluding hydrogens is 440 g/mol. The van der Waals surface area contributed by atoms with Crippen LogP contribution in [0.2, 0.25) is 0 Å². The highest BCUT2D eigenvalue weighted by atomic mass is 32.1. The van der Waals surface area contributed by atoms with E-state index in [-0.39, 0.29) is 22.3 Å². The summed E-state index contributed by atoms with van der Waals surface area (Å²) in [6, 6.07) is 6.42. The van der Waals surface area contributed by atoms with E-state index in [0.29, 0.717) is 55.3 Å². The van der Waals surface area contributed by atoms with Crippen molar-refractivity contribution in [2.45, 2.75) is 67.7 Å². The number of nitrogens with one attached hydrogen (secondary N) is 1. The van der Waals surface area contributed by atoms with Crippen LogP contribution in [0, 0.1) is 11.1 Å². The van der Waals surface area contributed by atoms with Gasteiger partial charge in [0.05, 0.1) is 29.4 Å². The van der Waals surface area contributed by atoms with Crippen molar-refractivity contribution in [1.29, 1.82) is 0 Å². The van der Waals surface area contributed by atoms with Gasteiger partial charge in [-0.1, -0.05) is 12.1 Å². The number of rotatable bonds is 4. The normalized spacial score (nSPS) is 40.1. The number of ether oxygens (including phenoxy) is 1. The van der Waals surface area contributed by atoms with E-state index in [9.17, 15) is 20.2 Å². The molecule has 174 valence electrons. The number of thiophene rings is 1. The van der Waals surface area contributed by atoms with Crippen molar-refractivity contribution in [1.82, 2.24) is 5.32 Å². The third kappa shape index (κ3) is 2.52. The van der Waals surface area contributed by atoms with Gasteiger partial charge in [0.25, 0.3) is 5.91 Å². The largest absolute Gasteiger partial charge is 0.632 e. The molecule has 1 aromatic heterocycles. The lowest BCUT2D eigenvalue weighted by atomic mass is 9.48. The molecule has 1 amide bonds. The molecule has 2 aromatic rings. The quantitative estimate of drug-likeness (QED) is 0.473. The molecule has 2 aliphatic heterocycles. The number of phenolic OH excluding ortho intramolecular Hbond substituents is 1. The van der Waals surface area contributed by atoms with Gasteiger partial charge >= 0.3 is 0 Å². The Kier molecular flexibility index (Phi) is 3.99. The Morgan fingerprint density at radius 2 is 2.12 bits per heavy atom. The van der Waals surface area contributed by atoms with Crippen LogP contribution in [-0.4, -0.2) is 57.6 Å². The average molecular weight is 469 g/mol. The summed E-state index contributed by atoms with van der Waals surface area (Å²) in [6.07, 6.45) is 3.67. The second-order valence-corrected chi connectivity index (χ2v) is 11.7. The van der Waals surface area contributed by atoms with Gasteiger partial charge in [-0.3, -0.25) is 4.79 Å². The van der Waals surface area contributed by atoms with Crippen LogP contribution in [0.5, 0.6) is 11.5 Å². The van der Waals surface area contributed by atoms with E-state index in [1.54, 1.807) is 12.1 Å². The highest BCUT2D eigenvalue weighted by Gasteiger charge is 2.76. The standard InChI is InChI=1S/C25H28N2O5S/c28-17-6-5-15-12-19-25(30)8-7-16(26-23(29)18-2-1-11-33-18)22-24(25,20(15)21(17)32-22)9-10-27(19,31)13-14-3-4-14/h1-2,5-6,11,14,16,19,22,28,30H,3-4,7-10,12-13H2,(H,26,29)/t16-,19-,22+,24?,25-,27?/m1/s1. The van der Waals surface area contributed by atoms with Gasteiger partial charge in [-0.2, -0.15) is 0 Å². The minimum Gasteiger partial charge on any atom is -0.632 e. The van der Waals surface area contributed by atoms with E-state index in [2.05, 4.69) is 5.32 Å². The van der Waals surface area contributed by atoms with E-state index in [1.165, 1.54) is 11.3 Å². The van der Waals surface area contributed by atoms with Gasteiger partial charge < -0.3 is 30.1 Å². The number of quaternary nitrogens is 1. The second-order valence-electron chi connectivity index (χ2n) is 10.7. The highest BCUT2D eigenvalue weighted by molar-refractivity contribution is 7.12. The summed E-state index contributed by atoms with van der Waals surface area (Å²) in [4.78, 5) is 13.6. The van der Waals surface area contributed by atoms with Gasteiger partial charge in [0, 0.05) is 24.3 Å². The maximum atomic E-state index is 14.2. The zero-order valence-corrected chi connectivity index (χ0v) is 19.1. The zero-order valence-electron chi connectivity index (χ0n) is 18.3. The summed E-state index contributed by atoms with van der Waals surface area (Å²) >= 11 is 1.39. The Morgan fingerprint density at radius 3 is 2.88 bits per heavy atom. The number of aliphatic hydroxyl groups is 1.